The number of carbonyl (C=O) groups excluding carboxylic acids is 1. The van der Waals surface area contributed by atoms with Crippen LogP contribution in [0, 0.1) is 18.2 Å². The highest BCUT2D eigenvalue weighted by atomic mass is 35.5. The number of rotatable bonds is 6. The molecule has 3 fully saturated rings. The summed E-state index contributed by atoms with van der Waals surface area (Å²) in [5, 5.41) is 7.56. The topological polar surface area (TPSA) is 81.9 Å². The smallest absolute Gasteiger partial charge is 0.258 e. The number of halogens is 2. The van der Waals surface area contributed by atoms with Crippen LogP contribution in [-0.2, 0) is 18.3 Å². The molecule has 3 aliphatic rings. The predicted molar refractivity (Wildman–Crippen MR) is 109 cm³/mol. The second-order valence-corrected chi connectivity index (χ2v) is 9.03. The maximum Gasteiger partial charge on any atom is 0.258 e. The first-order valence-corrected chi connectivity index (χ1v) is 10.2. The number of aromatic nitrogens is 4. The van der Waals surface area contributed by atoms with Crippen LogP contribution in [0.2, 0.25) is 5.02 Å². The van der Waals surface area contributed by atoms with Gasteiger partial charge in [0.2, 0.25) is 0 Å². The van der Waals surface area contributed by atoms with E-state index in [9.17, 15) is 9.18 Å². The van der Waals surface area contributed by atoms with Crippen molar-refractivity contribution in [1.29, 1.82) is 0 Å². The molecule has 1 N–H and O–H groups in total. The normalized spacial score (nSPS) is 24.3. The van der Waals surface area contributed by atoms with E-state index < -0.39 is 5.82 Å². The summed E-state index contributed by atoms with van der Waals surface area (Å²) in [4.78, 5) is 21.2. The Labute approximate surface area is 177 Å². The Morgan fingerprint density at radius 3 is 2.83 bits per heavy atom. The highest BCUT2D eigenvalue weighted by molar-refractivity contribution is 6.30. The molecule has 0 radical (unpaired) electrons. The second kappa shape index (κ2) is 6.63. The number of carbonyl (C=O) groups is 1. The number of hydrogen-bond acceptors (Lipinski definition) is 5. The predicted octanol–water partition coefficient (Wildman–Crippen LogP) is 3.12. The molecule has 7 nitrogen and oxygen atoms in total. The van der Waals surface area contributed by atoms with Crippen LogP contribution in [0.4, 0.5) is 4.39 Å². The van der Waals surface area contributed by atoms with Gasteiger partial charge in [-0.05, 0) is 50.2 Å². The first-order valence-electron chi connectivity index (χ1n) is 9.80. The fourth-order valence-electron chi connectivity index (χ4n) is 5.19. The van der Waals surface area contributed by atoms with E-state index in [0.717, 1.165) is 48.1 Å². The van der Waals surface area contributed by atoms with E-state index in [1.165, 1.54) is 18.2 Å². The Hall–Kier alpha value is -2.74. The average Bonchev–Trinajstić information content (AvgIpc) is 2.95. The Kier molecular flexibility index (Phi) is 4.25. The zero-order valence-electron chi connectivity index (χ0n) is 16.7. The Bertz CT molecular complexity index is 1160. The molecule has 156 valence electrons. The lowest BCUT2D eigenvalue weighted by molar-refractivity contribution is -0.166. The highest BCUT2D eigenvalue weighted by Gasteiger charge is 2.68. The first-order chi connectivity index (χ1) is 14.3. The number of amides is 1. The van der Waals surface area contributed by atoms with Gasteiger partial charge in [-0.25, -0.2) is 14.4 Å². The van der Waals surface area contributed by atoms with Gasteiger partial charge in [-0.1, -0.05) is 11.6 Å². The molecule has 2 bridgehead atoms. The van der Waals surface area contributed by atoms with Gasteiger partial charge in [-0.3, -0.25) is 9.48 Å². The summed E-state index contributed by atoms with van der Waals surface area (Å²) >= 11 is 5.65. The monoisotopic (exact) mass is 429 g/mol. The summed E-state index contributed by atoms with van der Waals surface area (Å²) in [5.41, 5.74) is 3.82. The molecular weight excluding hydrogens is 409 g/mol. The van der Waals surface area contributed by atoms with Gasteiger partial charge >= 0.3 is 0 Å². The standard InChI is InChI=1S/C21H21ClFN5O2/c1-12-18-19(28(2)27-12)16(24-11-25-18)6-20-8-21(9-20,10-20)26-17(29)7-30-13-3-4-14(22)15(23)5-13/h3-5,11H,6-10H2,1-2H3,(H,26,29). The lowest BCUT2D eigenvalue weighted by Crippen LogP contribution is -2.75. The molecule has 1 aromatic carbocycles. The third-order valence-corrected chi connectivity index (χ3v) is 6.52. The van der Waals surface area contributed by atoms with Crippen LogP contribution in [-0.4, -0.2) is 37.8 Å². The largest absolute Gasteiger partial charge is 0.484 e. The fraction of sp³-hybridized carbons (Fsp3) is 0.429. The van der Waals surface area contributed by atoms with Gasteiger partial charge in [0.05, 0.1) is 16.4 Å². The maximum atomic E-state index is 13.5. The Morgan fingerprint density at radius 2 is 2.10 bits per heavy atom. The second-order valence-electron chi connectivity index (χ2n) is 8.63. The van der Waals surface area contributed by atoms with Crippen LogP contribution in [0.3, 0.4) is 0 Å². The van der Waals surface area contributed by atoms with Gasteiger partial charge in [0.25, 0.3) is 5.91 Å². The summed E-state index contributed by atoms with van der Waals surface area (Å²) in [6.45, 7) is 1.79. The van der Waals surface area contributed by atoms with Crippen LogP contribution in [0.5, 0.6) is 5.75 Å². The van der Waals surface area contributed by atoms with Gasteiger partial charge in [-0.15, -0.1) is 0 Å². The molecule has 9 heteroatoms. The van der Waals surface area contributed by atoms with E-state index in [-0.39, 0.29) is 34.2 Å². The summed E-state index contributed by atoms with van der Waals surface area (Å²) < 4.78 is 20.7. The first kappa shape index (κ1) is 19.2. The molecule has 0 atom stereocenters. The number of benzene rings is 1. The Balaban J connectivity index is 1.18. The number of nitrogens with one attached hydrogen (secondary N) is 1. The van der Waals surface area contributed by atoms with E-state index in [1.54, 1.807) is 6.33 Å². The van der Waals surface area contributed by atoms with E-state index in [4.69, 9.17) is 16.3 Å². The van der Waals surface area contributed by atoms with Gasteiger partial charge in [0, 0.05) is 18.7 Å². The molecule has 6 rings (SSSR count). The van der Waals surface area contributed by atoms with Crippen molar-refractivity contribution in [2.45, 2.75) is 38.1 Å². The van der Waals surface area contributed by atoms with Crippen molar-refractivity contribution in [3.8, 4) is 5.75 Å². The third-order valence-electron chi connectivity index (χ3n) is 6.21. The lowest BCUT2D eigenvalue weighted by atomic mass is 9.38. The van der Waals surface area contributed by atoms with Crippen molar-refractivity contribution in [3.05, 3.63) is 46.8 Å². The summed E-state index contributed by atoms with van der Waals surface area (Å²) in [6, 6.07) is 4.12. The minimum Gasteiger partial charge on any atom is -0.484 e. The van der Waals surface area contributed by atoms with Crippen LogP contribution >= 0.6 is 11.6 Å². The lowest BCUT2D eigenvalue weighted by Gasteiger charge is -2.70. The van der Waals surface area contributed by atoms with Crippen molar-refractivity contribution in [2.75, 3.05) is 6.61 Å². The number of ether oxygens (including phenoxy) is 1. The molecule has 2 heterocycles. The molecule has 3 aliphatic carbocycles. The number of nitrogens with zero attached hydrogens (tertiary/aromatic N) is 4. The molecule has 0 unspecified atom stereocenters. The highest BCUT2D eigenvalue weighted by Crippen LogP contribution is 2.68. The van der Waals surface area contributed by atoms with Gasteiger partial charge < -0.3 is 10.1 Å². The van der Waals surface area contributed by atoms with Crippen LogP contribution in [0.25, 0.3) is 11.0 Å². The van der Waals surface area contributed by atoms with E-state index >= 15 is 0 Å². The maximum absolute atomic E-state index is 13.5. The molecule has 0 aliphatic heterocycles. The minimum absolute atomic E-state index is 0.0215. The minimum atomic E-state index is -0.571. The number of hydrogen-bond donors (Lipinski definition) is 1. The van der Waals surface area contributed by atoms with Gasteiger partial charge in [0.1, 0.15) is 28.9 Å². The van der Waals surface area contributed by atoms with E-state index in [2.05, 4.69) is 20.4 Å². The molecule has 30 heavy (non-hydrogen) atoms. The average molecular weight is 430 g/mol. The molecule has 0 spiro atoms. The fourth-order valence-corrected chi connectivity index (χ4v) is 5.31. The van der Waals surface area contributed by atoms with Crippen LogP contribution in [0.15, 0.2) is 24.5 Å². The van der Waals surface area contributed by atoms with Gasteiger partial charge in [-0.2, -0.15) is 5.10 Å². The van der Waals surface area contributed by atoms with Crippen molar-refractivity contribution in [1.82, 2.24) is 25.1 Å². The molecule has 1 amide bonds. The number of aryl methyl sites for hydroxylation is 2. The Morgan fingerprint density at radius 1 is 1.33 bits per heavy atom. The van der Waals surface area contributed by atoms with Crippen LogP contribution < -0.4 is 10.1 Å². The van der Waals surface area contributed by atoms with E-state index in [0.29, 0.717) is 0 Å². The van der Waals surface area contributed by atoms with Crippen molar-refractivity contribution < 1.29 is 13.9 Å². The van der Waals surface area contributed by atoms with Crippen molar-refractivity contribution in [3.63, 3.8) is 0 Å². The van der Waals surface area contributed by atoms with E-state index in [1.807, 2.05) is 18.7 Å². The van der Waals surface area contributed by atoms with Crippen LogP contribution in [0.1, 0.15) is 30.7 Å². The third kappa shape index (κ3) is 3.10. The van der Waals surface area contributed by atoms with Gasteiger partial charge in [0.15, 0.2) is 6.61 Å². The summed E-state index contributed by atoms with van der Waals surface area (Å²) in [5.74, 6) is -0.496. The van der Waals surface area contributed by atoms with Crippen molar-refractivity contribution >= 4 is 28.5 Å². The number of fused-ring (bicyclic) bond motifs is 1. The quantitative estimate of drug-likeness (QED) is 0.651. The zero-order chi connectivity index (χ0) is 21.1. The summed E-state index contributed by atoms with van der Waals surface area (Å²) in [7, 11) is 1.92. The molecular formula is C21H21ClFN5O2. The zero-order valence-corrected chi connectivity index (χ0v) is 17.5. The summed E-state index contributed by atoms with van der Waals surface area (Å²) in [6.07, 6.45) is 5.21. The molecule has 0 saturated heterocycles. The molecule has 3 aromatic rings. The molecule has 2 aromatic heterocycles. The van der Waals surface area contributed by atoms with Crippen molar-refractivity contribution in [2.24, 2.45) is 12.5 Å². The SMILES string of the molecule is Cc1nn(C)c2c(CC34CC(NC(=O)COc5ccc(Cl)c(F)c5)(C3)C4)ncnc12. The molecule has 3 saturated carbocycles.